The lowest BCUT2D eigenvalue weighted by molar-refractivity contribution is -0.115. The lowest BCUT2D eigenvalue weighted by atomic mass is 10.1. The van der Waals surface area contributed by atoms with E-state index < -0.39 is 0 Å². The summed E-state index contributed by atoms with van der Waals surface area (Å²) in [4.78, 5) is 19.1. The number of halogens is 1. The highest BCUT2D eigenvalue weighted by molar-refractivity contribution is 9.10. The van der Waals surface area contributed by atoms with Gasteiger partial charge >= 0.3 is 0 Å². The molecule has 1 amide bonds. The van der Waals surface area contributed by atoms with Gasteiger partial charge in [-0.3, -0.25) is 4.79 Å². The van der Waals surface area contributed by atoms with Gasteiger partial charge in [-0.2, -0.15) is 0 Å². The van der Waals surface area contributed by atoms with E-state index in [4.69, 9.17) is 0 Å². The first kappa shape index (κ1) is 14.5. The Balaban J connectivity index is 1.63. The Morgan fingerprint density at radius 3 is 2.45 bits per heavy atom. The predicted octanol–water partition coefficient (Wildman–Crippen LogP) is 4.02. The van der Waals surface area contributed by atoms with E-state index in [0.717, 1.165) is 27.0 Å². The van der Waals surface area contributed by atoms with E-state index in [1.807, 2.05) is 48.5 Å². The summed E-state index contributed by atoms with van der Waals surface area (Å²) in [6.45, 7) is 0. The molecule has 0 aliphatic rings. The van der Waals surface area contributed by atoms with Gasteiger partial charge in [-0.15, -0.1) is 0 Å². The van der Waals surface area contributed by atoms with E-state index in [2.05, 4.69) is 31.2 Å². The number of nitrogens with one attached hydrogen (secondary N) is 2. The first-order chi connectivity index (χ1) is 10.7. The summed E-state index contributed by atoms with van der Waals surface area (Å²) in [7, 11) is 0. The third-order valence-electron chi connectivity index (χ3n) is 3.26. The molecule has 2 aromatic carbocycles. The van der Waals surface area contributed by atoms with Gasteiger partial charge < -0.3 is 10.3 Å². The summed E-state index contributed by atoms with van der Waals surface area (Å²) in [5.41, 5.74) is 3.75. The minimum atomic E-state index is -0.0309. The van der Waals surface area contributed by atoms with Crippen LogP contribution in [0.3, 0.4) is 0 Å². The van der Waals surface area contributed by atoms with Gasteiger partial charge in [0, 0.05) is 10.2 Å². The first-order valence-corrected chi connectivity index (χ1v) is 7.63. The van der Waals surface area contributed by atoms with Gasteiger partial charge in [-0.1, -0.05) is 40.2 Å². The van der Waals surface area contributed by atoms with Crippen LogP contribution in [0.4, 0.5) is 5.69 Å². The summed E-state index contributed by atoms with van der Waals surface area (Å²) in [6.07, 6.45) is 3.76. The van der Waals surface area contributed by atoms with Crippen LogP contribution in [0.25, 0.3) is 11.3 Å². The number of amides is 1. The van der Waals surface area contributed by atoms with Crippen LogP contribution in [0.1, 0.15) is 5.56 Å². The van der Waals surface area contributed by atoms with Crippen molar-refractivity contribution in [3.63, 3.8) is 0 Å². The molecule has 0 saturated carbocycles. The molecule has 3 rings (SSSR count). The molecule has 0 radical (unpaired) electrons. The fourth-order valence-electron chi connectivity index (χ4n) is 2.14. The Hall–Kier alpha value is -2.40. The highest BCUT2D eigenvalue weighted by atomic mass is 79.9. The van der Waals surface area contributed by atoms with Crippen LogP contribution in [0.5, 0.6) is 0 Å². The second-order valence-corrected chi connectivity index (χ2v) is 5.81. The normalized spacial score (nSPS) is 10.4. The van der Waals surface area contributed by atoms with Crippen molar-refractivity contribution < 1.29 is 4.79 Å². The van der Waals surface area contributed by atoms with E-state index in [9.17, 15) is 4.79 Å². The standard InChI is InChI=1S/C17H14BrN3O/c18-14-5-1-12(2-6-14)9-17(22)21-15-7-3-13(4-8-15)16-10-19-11-20-16/h1-8,10-11H,9H2,(H,19,20)(H,21,22). The smallest absolute Gasteiger partial charge is 0.228 e. The Labute approximate surface area is 136 Å². The summed E-state index contributed by atoms with van der Waals surface area (Å²) >= 11 is 3.38. The second-order valence-electron chi connectivity index (χ2n) is 4.89. The van der Waals surface area contributed by atoms with Crippen molar-refractivity contribution in [2.75, 3.05) is 5.32 Å². The molecule has 0 unspecified atom stereocenters. The van der Waals surface area contributed by atoms with Crippen LogP contribution in [0.2, 0.25) is 0 Å². The van der Waals surface area contributed by atoms with E-state index in [0.29, 0.717) is 6.42 Å². The van der Waals surface area contributed by atoms with Crippen molar-refractivity contribution in [1.82, 2.24) is 9.97 Å². The number of aromatic nitrogens is 2. The molecule has 1 heterocycles. The maximum absolute atomic E-state index is 12.0. The number of H-pyrrole nitrogens is 1. The van der Waals surface area contributed by atoms with Gasteiger partial charge in [0.15, 0.2) is 0 Å². The van der Waals surface area contributed by atoms with Gasteiger partial charge in [-0.05, 0) is 35.4 Å². The van der Waals surface area contributed by atoms with Crippen molar-refractivity contribution in [1.29, 1.82) is 0 Å². The van der Waals surface area contributed by atoms with Crippen LogP contribution >= 0.6 is 15.9 Å². The molecule has 0 bridgehead atoms. The molecule has 0 atom stereocenters. The van der Waals surface area contributed by atoms with Crippen molar-refractivity contribution in [3.05, 3.63) is 71.1 Å². The maximum atomic E-state index is 12.0. The number of imidazole rings is 1. The fraction of sp³-hybridized carbons (Fsp3) is 0.0588. The van der Waals surface area contributed by atoms with Crippen LogP contribution in [-0.4, -0.2) is 15.9 Å². The lowest BCUT2D eigenvalue weighted by Crippen LogP contribution is -2.14. The van der Waals surface area contributed by atoms with Crippen LogP contribution < -0.4 is 5.32 Å². The number of nitrogens with zero attached hydrogens (tertiary/aromatic N) is 1. The number of anilines is 1. The van der Waals surface area contributed by atoms with Gasteiger partial charge in [0.05, 0.1) is 24.6 Å². The predicted molar refractivity (Wildman–Crippen MR) is 90.5 cm³/mol. The van der Waals surface area contributed by atoms with E-state index in [1.165, 1.54) is 0 Å². The highest BCUT2D eigenvalue weighted by Gasteiger charge is 2.05. The van der Waals surface area contributed by atoms with Crippen LogP contribution in [-0.2, 0) is 11.2 Å². The molecule has 4 nitrogen and oxygen atoms in total. The zero-order valence-corrected chi connectivity index (χ0v) is 13.3. The number of carbonyl (C=O) groups excluding carboxylic acids is 1. The Kier molecular flexibility index (Phi) is 4.34. The summed E-state index contributed by atoms with van der Waals surface area (Å²) < 4.78 is 1.01. The Bertz CT molecular complexity index is 750. The minimum Gasteiger partial charge on any atom is -0.345 e. The molecule has 0 fully saturated rings. The number of carbonyl (C=O) groups is 1. The SMILES string of the molecule is O=C(Cc1ccc(Br)cc1)Nc1ccc(-c2cnc[nH]2)cc1. The van der Waals surface area contributed by atoms with Gasteiger partial charge in [0.2, 0.25) is 5.91 Å². The molecule has 22 heavy (non-hydrogen) atoms. The molecule has 0 spiro atoms. The summed E-state index contributed by atoms with van der Waals surface area (Å²) in [5, 5.41) is 2.90. The number of aromatic amines is 1. The third-order valence-corrected chi connectivity index (χ3v) is 3.78. The average Bonchev–Trinajstić information content (AvgIpc) is 3.05. The third kappa shape index (κ3) is 3.62. The number of benzene rings is 2. The second kappa shape index (κ2) is 6.58. The molecule has 2 N–H and O–H groups in total. The molecule has 0 saturated heterocycles. The maximum Gasteiger partial charge on any atom is 0.228 e. The molecular weight excluding hydrogens is 342 g/mol. The van der Waals surface area contributed by atoms with E-state index >= 15 is 0 Å². The number of rotatable bonds is 4. The van der Waals surface area contributed by atoms with E-state index in [-0.39, 0.29) is 5.91 Å². The van der Waals surface area contributed by atoms with Gasteiger partial charge in [0.25, 0.3) is 0 Å². The molecular formula is C17H14BrN3O. The molecule has 1 aromatic heterocycles. The molecule has 0 aliphatic carbocycles. The topological polar surface area (TPSA) is 57.8 Å². The van der Waals surface area contributed by atoms with Crippen molar-refractivity contribution in [2.24, 2.45) is 0 Å². The van der Waals surface area contributed by atoms with Gasteiger partial charge in [0.1, 0.15) is 0 Å². The van der Waals surface area contributed by atoms with Crippen LogP contribution in [0.15, 0.2) is 65.5 Å². The quantitative estimate of drug-likeness (QED) is 0.742. The summed E-state index contributed by atoms with van der Waals surface area (Å²) in [6, 6.07) is 15.4. The fourth-order valence-corrected chi connectivity index (χ4v) is 2.40. The van der Waals surface area contributed by atoms with Crippen molar-refractivity contribution in [2.45, 2.75) is 6.42 Å². The molecule has 0 aliphatic heterocycles. The lowest BCUT2D eigenvalue weighted by Gasteiger charge is -2.06. The van der Waals surface area contributed by atoms with E-state index in [1.54, 1.807) is 12.5 Å². The Morgan fingerprint density at radius 1 is 1.09 bits per heavy atom. The molecule has 5 heteroatoms. The Morgan fingerprint density at radius 2 is 1.82 bits per heavy atom. The largest absolute Gasteiger partial charge is 0.345 e. The van der Waals surface area contributed by atoms with Gasteiger partial charge in [-0.25, -0.2) is 4.98 Å². The summed E-state index contributed by atoms with van der Waals surface area (Å²) in [5.74, 6) is -0.0309. The van der Waals surface area contributed by atoms with Crippen LogP contribution in [0, 0.1) is 0 Å². The van der Waals surface area contributed by atoms with Crippen molar-refractivity contribution in [3.8, 4) is 11.3 Å². The average molecular weight is 356 g/mol. The molecule has 3 aromatic rings. The first-order valence-electron chi connectivity index (χ1n) is 6.84. The minimum absolute atomic E-state index is 0.0309. The van der Waals surface area contributed by atoms with Crippen molar-refractivity contribution >= 4 is 27.5 Å². The zero-order chi connectivity index (χ0) is 15.4. The monoisotopic (exact) mass is 355 g/mol. The number of hydrogen-bond acceptors (Lipinski definition) is 2. The number of hydrogen-bond donors (Lipinski definition) is 2. The zero-order valence-electron chi connectivity index (χ0n) is 11.7. The highest BCUT2D eigenvalue weighted by Crippen LogP contribution is 2.19. The molecule has 110 valence electrons.